The third-order valence-corrected chi connectivity index (χ3v) is 6.31. The van der Waals surface area contributed by atoms with E-state index in [0.717, 1.165) is 34.3 Å². The molecule has 7 nitrogen and oxygen atoms in total. The zero-order chi connectivity index (χ0) is 22.0. The molecule has 0 N–H and O–H groups in total. The zero-order valence-corrected chi connectivity index (χ0v) is 20.0. The van der Waals surface area contributed by atoms with E-state index in [0.29, 0.717) is 22.8 Å². The Morgan fingerprint density at radius 3 is 2.45 bits per heavy atom. The summed E-state index contributed by atoms with van der Waals surface area (Å²) >= 11 is 1.47. The summed E-state index contributed by atoms with van der Waals surface area (Å²) in [7, 11) is 3.97. The number of benzene rings is 2. The van der Waals surface area contributed by atoms with Crippen LogP contribution in [0.1, 0.15) is 33.5 Å². The predicted octanol–water partition coefficient (Wildman–Crippen LogP) is 5.15. The summed E-state index contributed by atoms with van der Waals surface area (Å²) in [6.07, 6.45) is 0.765. The van der Waals surface area contributed by atoms with Gasteiger partial charge in [0.25, 0.3) is 11.6 Å². The molecule has 166 valence electrons. The van der Waals surface area contributed by atoms with E-state index < -0.39 is 4.92 Å². The van der Waals surface area contributed by atoms with Crippen molar-refractivity contribution in [3.63, 3.8) is 0 Å². The molecule has 0 fully saturated rings. The maximum Gasteiger partial charge on any atom is 0.273 e. The number of aromatic nitrogens is 1. The van der Waals surface area contributed by atoms with Crippen LogP contribution < -0.4 is 4.90 Å². The van der Waals surface area contributed by atoms with Gasteiger partial charge in [-0.1, -0.05) is 23.5 Å². The SMILES string of the molecule is Cc1ccc2sc(N(CCCN(C)C)C(=O)c3cccc([N+](=O)[O-])c3C)nc2c1C.Cl. The number of thiazole rings is 1. The van der Waals surface area contributed by atoms with Crippen LogP contribution in [0.3, 0.4) is 0 Å². The Kier molecular flexibility index (Phi) is 8.11. The van der Waals surface area contributed by atoms with Gasteiger partial charge in [0.1, 0.15) is 0 Å². The van der Waals surface area contributed by atoms with E-state index in [-0.39, 0.29) is 24.0 Å². The number of carbonyl (C=O) groups excluding carboxylic acids is 1. The summed E-state index contributed by atoms with van der Waals surface area (Å²) in [6.45, 7) is 7.00. The molecule has 1 amide bonds. The minimum atomic E-state index is -0.452. The minimum absolute atomic E-state index is 0. The number of nitrogens with zero attached hydrogens (tertiary/aromatic N) is 4. The van der Waals surface area contributed by atoms with Gasteiger partial charge in [-0.3, -0.25) is 19.8 Å². The van der Waals surface area contributed by atoms with E-state index in [4.69, 9.17) is 4.98 Å². The smallest absolute Gasteiger partial charge is 0.273 e. The number of fused-ring (bicyclic) bond motifs is 1. The van der Waals surface area contributed by atoms with Crippen molar-refractivity contribution in [2.24, 2.45) is 0 Å². The summed E-state index contributed by atoms with van der Waals surface area (Å²) in [6, 6.07) is 8.71. The minimum Gasteiger partial charge on any atom is -0.309 e. The number of aryl methyl sites for hydroxylation is 2. The first-order valence-corrected chi connectivity index (χ1v) is 10.6. The predicted molar refractivity (Wildman–Crippen MR) is 129 cm³/mol. The van der Waals surface area contributed by atoms with E-state index in [1.807, 2.05) is 34.0 Å². The van der Waals surface area contributed by atoms with Crippen molar-refractivity contribution >= 4 is 50.7 Å². The van der Waals surface area contributed by atoms with Gasteiger partial charge >= 0.3 is 0 Å². The Labute approximate surface area is 192 Å². The summed E-state index contributed by atoms with van der Waals surface area (Å²) in [4.78, 5) is 32.9. The van der Waals surface area contributed by atoms with Crippen molar-refractivity contribution in [1.29, 1.82) is 0 Å². The number of nitro groups is 1. The molecule has 31 heavy (non-hydrogen) atoms. The van der Waals surface area contributed by atoms with E-state index in [9.17, 15) is 14.9 Å². The second-order valence-electron chi connectivity index (χ2n) is 7.67. The van der Waals surface area contributed by atoms with Gasteiger partial charge in [0.15, 0.2) is 5.13 Å². The highest BCUT2D eigenvalue weighted by molar-refractivity contribution is 7.22. The van der Waals surface area contributed by atoms with E-state index in [1.54, 1.807) is 24.0 Å². The number of nitro benzene ring substituents is 1. The van der Waals surface area contributed by atoms with Gasteiger partial charge in [0.05, 0.1) is 15.1 Å². The van der Waals surface area contributed by atoms with Gasteiger partial charge in [-0.15, -0.1) is 12.4 Å². The van der Waals surface area contributed by atoms with Crippen molar-refractivity contribution in [1.82, 2.24) is 9.88 Å². The average Bonchev–Trinajstić information content (AvgIpc) is 3.12. The van der Waals surface area contributed by atoms with Gasteiger partial charge < -0.3 is 4.90 Å². The molecule has 0 aliphatic carbocycles. The third kappa shape index (κ3) is 5.20. The Morgan fingerprint density at radius 1 is 1.10 bits per heavy atom. The standard InChI is InChI=1S/C22H26N4O3S.ClH/c1-14-10-11-19-20(15(14)2)23-22(30-19)25(13-7-12-24(4)5)21(27)17-8-6-9-18(16(17)3)26(28)29;/h6,8-11H,7,12-13H2,1-5H3;1H. The lowest BCUT2D eigenvalue weighted by Crippen LogP contribution is -2.34. The second-order valence-corrected chi connectivity index (χ2v) is 8.68. The molecule has 0 saturated carbocycles. The van der Waals surface area contributed by atoms with E-state index in [1.165, 1.54) is 17.4 Å². The van der Waals surface area contributed by atoms with Crippen molar-refractivity contribution in [2.75, 3.05) is 32.1 Å². The molecule has 2 aromatic carbocycles. The van der Waals surface area contributed by atoms with Crippen LogP contribution in [0.25, 0.3) is 10.2 Å². The Morgan fingerprint density at radius 2 is 1.81 bits per heavy atom. The van der Waals surface area contributed by atoms with Crippen LogP contribution in [0.2, 0.25) is 0 Å². The monoisotopic (exact) mass is 462 g/mol. The summed E-state index contributed by atoms with van der Waals surface area (Å²) < 4.78 is 1.02. The van der Waals surface area contributed by atoms with Crippen LogP contribution in [-0.4, -0.2) is 47.9 Å². The fraction of sp³-hybridized carbons (Fsp3) is 0.364. The topological polar surface area (TPSA) is 79.6 Å². The van der Waals surface area contributed by atoms with Crippen LogP contribution in [0.15, 0.2) is 30.3 Å². The van der Waals surface area contributed by atoms with Crippen LogP contribution in [0.5, 0.6) is 0 Å². The molecule has 3 rings (SSSR count). The summed E-state index contributed by atoms with van der Waals surface area (Å²) in [5, 5.41) is 12.0. The molecule has 0 saturated heterocycles. The third-order valence-electron chi connectivity index (χ3n) is 5.27. The lowest BCUT2D eigenvalue weighted by Gasteiger charge is -2.21. The molecule has 1 aromatic heterocycles. The molecular weight excluding hydrogens is 436 g/mol. The highest BCUT2D eigenvalue weighted by Gasteiger charge is 2.25. The summed E-state index contributed by atoms with van der Waals surface area (Å²) in [5.41, 5.74) is 3.81. The lowest BCUT2D eigenvalue weighted by molar-refractivity contribution is -0.385. The second kappa shape index (κ2) is 10.2. The van der Waals surface area contributed by atoms with Crippen molar-refractivity contribution < 1.29 is 9.72 Å². The average molecular weight is 463 g/mol. The molecular formula is C22H27ClN4O3S. The normalized spacial score (nSPS) is 10.9. The molecule has 0 radical (unpaired) electrons. The zero-order valence-electron chi connectivity index (χ0n) is 18.3. The summed E-state index contributed by atoms with van der Waals surface area (Å²) in [5.74, 6) is -0.261. The van der Waals surface area contributed by atoms with Crippen molar-refractivity contribution in [3.05, 3.63) is 62.7 Å². The van der Waals surface area contributed by atoms with Gasteiger partial charge in [-0.2, -0.15) is 0 Å². The van der Waals surface area contributed by atoms with Crippen LogP contribution in [0, 0.1) is 30.9 Å². The molecule has 1 heterocycles. The van der Waals surface area contributed by atoms with Gasteiger partial charge in [-0.05, 0) is 71.1 Å². The first-order valence-electron chi connectivity index (χ1n) is 9.78. The number of halogens is 1. The Bertz CT molecular complexity index is 1110. The van der Waals surface area contributed by atoms with Gasteiger partial charge in [0, 0.05) is 23.7 Å². The van der Waals surface area contributed by atoms with Crippen molar-refractivity contribution in [3.8, 4) is 0 Å². The number of hydrogen-bond acceptors (Lipinski definition) is 6. The Hall–Kier alpha value is -2.55. The quantitative estimate of drug-likeness (QED) is 0.358. The fourth-order valence-electron chi connectivity index (χ4n) is 3.36. The van der Waals surface area contributed by atoms with Gasteiger partial charge in [0.2, 0.25) is 0 Å². The molecule has 0 unspecified atom stereocenters. The molecule has 0 spiro atoms. The fourth-order valence-corrected chi connectivity index (χ4v) is 4.41. The largest absolute Gasteiger partial charge is 0.309 e. The maximum atomic E-state index is 13.5. The maximum absolute atomic E-state index is 13.5. The molecule has 0 aliphatic rings. The molecule has 9 heteroatoms. The molecule has 3 aromatic rings. The van der Waals surface area contributed by atoms with Gasteiger partial charge in [-0.25, -0.2) is 4.98 Å². The number of rotatable bonds is 7. The van der Waals surface area contributed by atoms with Crippen LogP contribution in [-0.2, 0) is 0 Å². The molecule has 0 atom stereocenters. The Balaban J connectivity index is 0.00000341. The van der Waals surface area contributed by atoms with E-state index in [2.05, 4.69) is 11.0 Å². The van der Waals surface area contributed by atoms with E-state index >= 15 is 0 Å². The highest BCUT2D eigenvalue weighted by atomic mass is 35.5. The van der Waals surface area contributed by atoms with Crippen molar-refractivity contribution in [2.45, 2.75) is 27.2 Å². The van der Waals surface area contributed by atoms with Crippen LogP contribution >= 0.6 is 23.7 Å². The molecule has 0 aliphatic heterocycles. The van der Waals surface area contributed by atoms with Crippen LogP contribution in [0.4, 0.5) is 10.8 Å². The number of amides is 1. The number of anilines is 1. The number of carbonyl (C=O) groups is 1. The first-order chi connectivity index (χ1) is 14.2. The first kappa shape index (κ1) is 24.7. The highest BCUT2D eigenvalue weighted by Crippen LogP contribution is 2.33. The lowest BCUT2D eigenvalue weighted by atomic mass is 10.1. The number of hydrogen-bond donors (Lipinski definition) is 0. The molecule has 0 bridgehead atoms.